The van der Waals surface area contributed by atoms with Gasteiger partial charge in [0.1, 0.15) is 23.6 Å². The minimum atomic E-state index is -0.416. The van der Waals surface area contributed by atoms with E-state index in [1.165, 1.54) is 6.20 Å². The molecule has 0 aliphatic rings. The fourth-order valence-electron chi connectivity index (χ4n) is 1.28. The molecule has 0 fully saturated rings. The van der Waals surface area contributed by atoms with E-state index in [1.54, 1.807) is 13.2 Å². The van der Waals surface area contributed by atoms with E-state index in [1.807, 2.05) is 6.92 Å². The molecule has 0 aliphatic carbocycles. The Labute approximate surface area is 87.7 Å². The highest BCUT2D eigenvalue weighted by Crippen LogP contribution is 2.16. The molecule has 1 unspecified atom stereocenters. The van der Waals surface area contributed by atoms with Gasteiger partial charge in [-0.15, -0.1) is 0 Å². The lowest BCUT2D eigenvalue weighted by Crippen LogP contribution is -2.17. The zero-order valence-corrected chi connectivity index (χ0v) is 8.78. The lowest BCUT2D eigenvalue weighted by Gasteiger charge is -2.12. The first kappa shape index (κ1) is 11.4. The van der Waals surface area contributed by atoms with Gasteiger partial charge in [0.25, 0.3) is 5.56 Å². The van der Waals surface area contributed by atoms with Gasteiger partial charge < -0.3 is 9.72 Å². The molecule has 0 radical (unpaired) electrons. The van der Waals surface area contributed by atoms with Crippen LogP contribution in [0.5, 0.6) is 0 Å². The van der Waals surface area contributed by atoms with Crippen LogP contribution in [-0.4, -0.2) is 17.1 Å². The molecule has 1 aromatic heterocycles. The van der Waals surface area contributed by atoms with Gasteiger partial charge in [-0.25, -0.2) is 4.98 Å². The second-order valence-corrected chi connectivity index (χ2v) is 3.14. The molecule has 5 heteroatoms. The number of nitrogens with zero attached hydrogens (tertiary/aromatic N) is 2. The molecule has 1 aromatic rings. The molecule has 80 valence electrons. The van der Waals surface area contributed by atoms with E-state index in [0.29, 0.717) is 5.82 Å². The molecule has 0 aromatic carbocycles. The number of aromatic amines is 1. The van der Waals surface area contributed by atoms with Crippen molar-refractivity contribution in [1.82, 2.24) is 9.97 Å². The summed E-state index contributed by atoms with van der Waals surface area (Å²) in [7, 11) is 1.57. The van der Waals surface area contributed by atoms with E-state index in [9.17, 15) is 4.79 Å². The molecule has 1 rings (SSSR count). The lowest BCUT2D eigenvalue weighted by atomic mass is 10.2. The maximum atomic E-state index is 11.3. The summed E-state index contributed by atoms with van der Waals surface area (Å²) in [5, 5.41) is 8.57. The number of aromatic nitrogens is 2. The van der Waals surface area contributed by atoms with Crippen LogP contribution >= 0.6 is 0 Å². The molecule has 5 nitrogen and oxygen atoms in total. The summed E-state index contributed by atoms with van der Waals surface area (Å²) < 4.78 is 5.19. The Morgan fingerprint density at radius 1 is 1.73 bits per heavy atom. The Balaban J connectivity index is 3.01. The molecule has 1 heterocycles. The van der Waals surface area contributed by atoms with Crippen LogP contribution in [0, 0.1) is 11.3 Å². The Morgan fingerprint density at radius 3 is 2.93 bits per heavy atom. The van der Waals surface area contributed by atoms with Gasteiger partial charge in [-0.3, -0.25) is 4.79 Å². The van der Waals surface area contributed by atoms with Crippen LogP contribution in [0.15, 0.2) is 11.0 Å². The lowest BCUT2D eigenvalue weighted by molar-refractivity contribution is 0.0874. The molecule has 0 bridgehead atoms. The van der Waals surface area contributed by atoms with E-state index in [4.69, 9.17) is 10.00 Å². The van der Waals surface area contributed by atoms with Crippen molar-refractivity contribution in [1.29, 1.82) is 5.26 Å². The Morgan fingerprint density at radius 2 is 2.47 bits per heavy atom. The first-order chi connectivity index (χ1) is 7.22. The second kappa shape index (κ2) is 5.27. The number of nitrogens with one attached hydrogen (secondary N) is 1. The van der Waals surface area contributed by atoms with Crippen LogP contribution in [0.25, 0.3) is 0 Å². The van der Waals surface area contributed by atoms with Crippen molar-refractivity contribution in [3.63, 3.8) is 0 Å². The van der Waals surface area contributed by atoms with Crippen LogP contribution < -0.4 is 5.56 Å². The van der Waals surface area contributed by atoms with Crippen LogP contribution in [0.1, 0.15) is 37.3 Å². The van der Waals surface area contributed by atoms with E-state index in [2.05, 4.69) is 9.97 Å². The molecule has 1 atom stereocenters. The number of hydrogen-bond donors (Lipinski definition) is 1. The number of rotatable bonds is 4. The summed E-state index contributed by atoms with van der Waals surface area (Å²) >= 11 is 0. The highest BCUT2D eigenvalue weighted by atomic mass is 16.5. The predicted molar refractivity (Wildman–Crippen MR) is 54.2 cm³/mol. The van der Waals surface area contributed by atoms with Crippen molar-refractivity contribution in [3.8, 4) is 6.07 Å². The fraction of sp³-hybridized carbons (Fsp3) is 0.500. The van der Waals surface area contributed by atoms with Gasteiger partial charge in [0.2, 0.25) is 0 Å². The third-order valence-electron chi connectivity index (χ3n) is 2.08. The summed E-state index contributed by atoms with van der Waals surface area (Å²) in [4.78, 5) is 17.9. The third kappa shape index (κ3) is 2.64. The smallest absolute Gasteiger partial charge is 0.268 e. The first-order valence-electron chi connectivity index (χ1n) is 4.75. The topological polar surface area (TPSA) is 78.8 Å². The highest BCUT2D eigenvalue weighted by Gasteiger charge is 2.12. The Hall–Kier alpha value is -1.67. The van der Waals surface area contributed by atoms with E-state index < -0.39 is 5.56 Å². The van der Waals surface area contributed by atoms with E-state index >= 15 is 0 Å². The zero-order chi connectivity index (χ0) is 11.3. The molecule has 0 amide bonds. The van der Waals surface area contributed by atoms with Gasteiger partial charge in [-0.05, 0) is 6.42 Å². The van der Waals surface area contributed by atoms with Gasteiger partial charge in [0.15, 0.2) is 0 Å². The van der Waals surface area contributed by atoms with Crippen molar-refractivity contribution >= 4 is 0 Å². The number of hydrogen-bond acceptors (Lipinski definition) is 4. The number of ether oxygens (including phenoxy) is 1. The summed E-state index contributed by atoms with van der Waals surface area (Å²) in [5.41, 5.74) is -0.397. The molecular formula is C10H13N3O2. The van der Waals surface area contributed by atoms with Crippen LogP contribution in [0.2, 0.25) is 0 Å². The second-order valence-electron chi connectivity index (χ2n) is 3.14. The van der Waals surface area contributed by atoms with Crippen molar-refractivity contribution in [2.24, 2.45) is 0 Å². The van der Waals surface area contributed by atoms with Gasteiger partial charge >= 0.3 is 0 Å². The van der Waals surface area contributed by atoms with E-state index in [-0.39, 0.29) is 11.7 Å². The number of methoxy groups -OCH3 is 1. The van der Waals surface area contributed by atoms with E-state index in [0.717, 1.165) is 12.8 Å². The fourth-order valence-corrected chi connectivity index (χ4v) is 1.28. The van der Waals surface area contributed by atoms with Crippen molar-refractivity contribution in [3.05, 3.63) is 27.9 Å². The van der Waals surface area contributed by atoms with Gasteiger partial charge in [0, 0.05) is 7.11 Å². The quantitative estimate of drug-likeness (QED) is 0.802. The molecule has 0 saturated heterocycles. The molecule has 0 aliphatic heterocycles. The largest absolute Gasteiger partial charge is 0.374 e. The Kier molecular flexibility index (Phi) is 4.01. The molecular weight excluding hydrogens is 194 g/mol. The van der Waals surface area contributed by atoms with Gasteiger partial charge in [0.05, 0.1) is 6.20 Å². The average Bonchev–Trinajstić information content (AvgIpc) is 2.25. The average molecular weight is 207 g/mol. The summed E-state index contributed by atoms with van der Waals surface area (Å²) in [6.45, 7) is 2.02. The Bertz CT molecular complexity index is 419. The summed E-state index contributed by atoms with van der Waals surface area (Å²) in [6.07, 6.45) is 2.78. The normalized spacial score (nSPS) is 12.1. The first-order valence-corrected chi connectivity index (χ1v) is 4.75. The van der Waals surface area contributed by atoms with Crippen LogP contribution in [0.4, 0.5) is 0 Å². The summed E-state index contributed by atoms with van der Waals surface area (Å²) in [6, 6.07) is 1.76. The number of nitriles is 1. The SMILES string of the molecule is CCCC(OC)c1ncc(C#N)c(=O)[nH]1. The highest BCUT2D eigenvalue weighted by molar-refractivity contribution is 5.22. The standard InChI is InChI=1S/C10H13N3O2/c1-3-4-8(15-2)9-12-6-7(5-11)10(14)13-9/h6,8H,3-4H2,1-2H3,(H,12,13,14). The van der Waals surface area contributed by atoms with Crippen LogP contribution in [0.3, 0.4) is 0 Å². The zero-order valence-electron chi connectivity index (χ0n) is 8.78. The van der Waals surface area contributed by atoms with Gasteiger partial charge in [-0.2, -0.15) is 5.26 Å². The number of H-pyrrole nitrogens is 1. The predicted octanol–water partition coefficient (Wildman–Crippen LogP) is 1.13. The van der Waals surface area contributed by atoms with Crippen molar-refractivity contribution < 1.29 is 4.74 Å². The maximum Gasteiger partial charge on any atom is 0.268 e. The van der Waals surface area contributed by atoms with Crippen molar-refractivity contribution in [2.45, 2.75) is 25.9 Å². The van der Waals surface area contributed by atoms with Crippen LogP contribution in [-0.2, 0) is 4.74 Å². The maximum absolute atomic E-state index is 11.3. The monoisotopic (exact) mass is 207 g/mol. The summed E-state index contributed by atoms with van der Waals surface area (Å²) in [5.74, 6) is 0.475. The molecule has 0 saturated carbocycles. The minimum Gasteiger partial charge on any atom is -0.374 e. The molecule has 1 N–H and O–H groups in total. The van der Waals surface area contributed by atoms with Crippen molar-refractivity contribution in [2.75, 3.05) is 7.11 Å². The van der Waals surface area contributed by atoms with Gasteiger partial charge in [-0.1, -0.05) is 13.3 Å². The molecule has 0 spiro atoms. The molecule has 15 heavy (non-hydrogen) atoms. The minimum absolute atomic E-state index is 0.0186. The third-order valence-corrected chi connectivity index (χ3v) is 2.08.